The second kappa shape index (κ2) is 4.25. The highest BCUT2D eigenvalue weighted by Crippen LogP contribution is 2.26. The molecule has 2 N–H and O–H groups in total. The molecule has 0 spiro atoms. The third-order valence-electron chi connectivity index (χ3n) is 2.09. The lowest BCUT2D eigenvalue weighted by atomic mass is 10.0. The van der Waals surface area contributed by atoms with Gasteiger partial charge < -0.3 is 14.9 Å². The molecule has 1 aromatic carbocycles. The molecule has 0 saturated heterocycles. The predicted octanol–water partition coefficient (Wildman–Crippen LogP) is 0.988. The van der Waals surface area contributed by atoms with Crippen LogP contribution in [0.3, 0.4) is 0 Å². The number of aliphatic hydroxyl groups is 2. The summed E-state index contributed by atoms with van der Waals surface area (Å²) in [6.45, 7) is 1.71. The Morgan fingerprint density at radius 3 is 2.38 bits per heavy atom. The fraction of sp³-hybridized carbons (Fsp3) is 0.400. The molecule has 3 nitrogen and oxygen atoms in total. The first kappa shape index (κ1) is 10.0. The maximum absolute atomic E-state index is 9.09. The van der Waals surface area contributed by atoms with Crippen molar-refractivity contribution >= 4 is 0 Å². The van der Waals surface area contributed by atoms with Gasteiger partial charge >= 0.3 is 0 Å². The number of aryl methyl sites for hydroxylation is 1. The van der Waals surface area contributed by atoms with Crippen LogP contribution in [0.5, 0.6) is 5.75 Å². The number of ether oxygens (including phenoxy) is 1. The third-order valence-corrected chi connectivity index (χ3v) is 2.09. The first-order valence-corrected chi connectivity index (χ1v) is 4.11. The molecule has 0 atom stereocenters. The zero-order valence-electron chi connectivity index (χ0n) is 7.87. The molecule has 0 amide bonds. The Bertz CT molecular complexity index is 294. The van der Waals surface area contributed by atoms with Crippen molar-refractivity contribution in [3.8, 4) is 5.75 Å². The van der Waals surface area contributed by atoms with Crippen molar-refractivity contribution in [3.05, 3.63) is 28.8 Å². The van der Waals surface area contributed by atoms with Gasteiger partial charge in [0.2, 0.25) is 0 Å². The summed E-state index contributed by atoms with van der Waals surface area (Å²) in [5.74, 6) is 0.661. The summed E-state index contributed by atoms with van der Waals surface area (Å²) in [4.78, 5) is 0. The molecule has 3 heteroatoms. The minimum Gasteiger partial charge on any atom is -0.496 e. The summed E-state index contributed by atoms with van der Waals surface area (Å²) in [6, 6.07) is 3.66. The van der Waals surface area contributed by atoms with Crippen LogP contribution in [-0.2, 0) is 13.2 Å². The number of hydrogen-bond donors (Lipinski definition) is 2. The normalized spacial score (nSPS) is 10.2. The summed E-state index contributed by atoms with van der Waals surface area (Å²) in [5.41, 5.74) is 2.35. The topological polar surface area (TPSA) is 49.7 Å². The molecule has 0 radical (unpaired) electrons. The Kier molecular flexibility index (Phi) is 3.28. The molecule has 1 aromatic rings. The molecule has 0 aliphatic heterocycles. The monoisotopic (exact) mass is 182 g/mol. The van der Waals surface area contributed by atoms with E-state index in [2.05, 4.69) is 0 Å². The smallest absolute Gasteiger partial charge is 0.127 e. The summed E-state index contributed by atoms with van der Waals surface area (Å²) < 4.78 is 5.14. The van der Waals surface area contributed by atoms with E-state index in [1.54, 1.807) is 13.2 Å². The van der Waals surface area contributed by atoms with Crippen molar-refractivity contribution in [2.75, 3.05) is 7.11 Å². The fourth-order valence-corrected chi connectivity index (χ4v) is 1.39. The second-order valence-electron chi connectivity index (χ2n) is 2.87. The lowest BCUT2D eigenvalue weighted by Gasteiger charge is -2.12. The highest BCUT2D eigenvalue weighted by molar-refractivity contribution is 5.45. The molecule has 0 saturated carbocycles. The van der Waals surface area contributed by atoms with Gasteiger partial charge in [-0.25, -0.2) is 0 Å². The molecule has 0 aromatic heterocycles. The molecule has 72 valence electrons. The van der Waals surface area contributed by atoms with Gasteiger partial charge in [0.05, 0.1) is 20.3 Å². The first-order valence-electron chi connectivity index (χ1n) is 4.11. The molecule has 0 bridgehead atoms. The maximum atomic E-state index is 9.09. The van der Waals surface area contributed by atoms with Gasteiger partial charge in [-0.15, -0.1) is 0 Å². The van der Waals surface area contributed by atoms with E-state index in [9.17, 15) is 0 Å². The Morgan fingerprint density at radius 2 is 1.92 bits per heavy atom. The lowest BCUT2D eigenvalue weighted by molar-refractivity contribution is 0.253. The summed E-state index contributed by atoms with van der Waals surface area (Å²) >= 11 is 0. The standard InChI is InChI=1S/C10H14O3/c1-7-3-4-8(5-11)9(6-12)10(7)13-2/h3-4,11-12H,5-6H2,1-2H3. The Labute approximate surface area is 77.6 Å². The third kappa shape index (κ3) is 1.82. The van der Waals surface area contributed by atoms with Gasteiger partial charge in [0.25, 0.3) is 0 Å². The minimum absolute atomic E-state index is 0.0769. The Morgan fingerprint density at radius 1 is 1.23 bits per heavy atom. The average Bonchev–Trinajstić information content (AvgIpc) is 2.17. The van der Waals surface area contributed by atoms with Crippen LogP contribution in [0.4, 0.5) is 0 Å². The molecule has 0 unspecified atom stereocenters. The van der Waals surface area contributed by atoms with Crippen LogP contribution in [0, 0.1) is 6.92 Å². The van der Waals surface area contributed by atoms with Crippen molar-refractivity contribution in [2.45, 2.75) is 20.1 Å². The fourth-order valence-electron chi connectivity index (χ4n) is 1.39. The number of rotatable bonds is 3. The van der Waals surface area contributed by atoms with E-state index in [1.165, 1.54) is 0 Å². The van der Waals surface area contributed by atoms with Crippen LogP contribution in [-0.4, -0.2) is 17.3 Å². The van der Waals surface area contributed by atoms with E-state index in [4.69, 9.17) is 14.9 Å². The van der Waals surface area contributed by atoms with E-state index < -0.39 is 0 Å². The highest BCUT2D eigenvalue weighted by atomic mass is 16.5. The molecular formula is C10H14O3. The van der Waals surface area contributed by atoms with Crippen molar-refractivity contribution in [1.82, 2.24) is 0 Å². The van der Waals surface area contributed by atoms with E-state index >= 15 is 0 Å². The van der Waals surface area contributed by atoms with Crippen LogP contribution in [0.15, 0.2) is 12.1 Å². The SMILES string of the molecule is COc1c(C)ccc(CO)c1CO. The van der Waals surface area contributed by atoms with Gasteiger partial charge in [-0.05, 0) is 18.1 Å². The molecular weight excluding hydrogens is 168 g/mol. The van der Waals surface area contributed by atoms with Crippen LogP contribution >= 0.6 is 0 Å². The zero-order chi connectivity index (χ0) is 9.84. The van der Waals surface area contributed by atoms with Gasteiger partial charge in [-0.3, -0.25) is 0 Å². The molecule has 1 rings (SSSR count). The van der Waals surface area contributed by atoms with Crippen molar-refractivity contribution in [2.24, 2.45) is 0 Å². The number of methoxy groups -OCH3 is 1. The maximum Gasteiger partial charge on any atom is 0.127 e. The van der Waals surface area contributed by atoms with E-state index in [0.29, 0.717) is 16.9 Å². The number of hydrogen-bond acceptors (Lipinski definition) is 3. The van der Waals surface area contributed by atoms with E-state index in [0.717, 1.165) is 5.56 Å². The summed E-state index contributed by atoms with van der Waals surface area (Å²) in [7, 11) is 1.56. The second-order valence-corrected chi connectivity index (χ2v) is 2.87. The number of aliphatic hydroxyl groups excluding tert-OH is 2. The Balaban J connectivity index is 3.27. The largest absolute Gasteiger partial charge is 0.496 e. The van der Waals surface area contributed by atoms with Gasteiger partial charge in [-0.2, -0.15) is 0 Å². The van der Waals surface area contributed by atoms with Crippen molar-refractivity contribution in [1.29, 1.82) is 0 Å². The lowest BCUT2D eigenvalue weighted by Crippen LogP contribution is -2.00. The van der Waals surface area contributed by atoms with Gasteiger partial charge in [0.15, 0.2) is 0 Å². The van der Waals surface area contributed by atoms with E-state index in [1.807, 2.05) is 13.0 Å². The van der Waals surface area contributed by atoms with Crippen LogP contribution < -0.4 is 4.74 Å². The first-order chi connectivity index (χ1) is 6.24. The zero-order valence-corrected chi connectivity index (χ0v) is 7.87. The van der Waals surface area contributed by atoms with Crippen LogP contribution in [0.1, 0.15) is 16.7 Å². The van der Waals surface area contributed by atoms with Gasteiger partial charge in [0.1, 0.15) is 5.75 Å². The van der Waals surface area contributed by atoms with Crippen LogP contribution in [0.25, 0.3) is 0 Å². The summed E-state index contributed by atoms with van der Waals surface area (Å²) in [6.07, 6.45) is 0. The Hall–Kier alpha value is -1.06. The summed E-state index contributed by atoms with van der Waals surface area (Å²) in [5, 5.41) is 18.1. The van der Waals surface area contributed by atoms with E-state index in [-0.39, 0.29) is 13.2 Å². The predicted molar refractivity (Wildman–Crippen MR) is 49.6 cm³/mol. The van der Waals surface area contributed by atoms with Crippen molar-refractivity contribution < 1.29 is 14.9 Å². The minimum atomic E-state index is -0.110. The van der Waals surface area contributed by atoms with Crippen LogP contribution in [0.2, 0.25) is 0 Å². The molecule has 0 aliphatic rings. The number of benzene rings is 1. The highest BCUT2D eigenvalue weighted by Gasteiger charge is 2.09. The quantitative estimate of drug-likeness (QED) is 0.732. The molecule has 0 heterocycles. The average molecular weight is 182 g/mol. The van der Waals surface area contributed by atoms with Gasteiger partial charge in [0, 0.05) is 5.56 Å². The molecule has 13 heavy (non-hydrogen) atoms. The van der Waals surface area contributed by atoms with Crippen molar-refractivity contribution in [3.63, 3.8) is 0 Å². The molecule has 0 fully saturated rings. The van der Waals surface area contributed by atoms with Gasteiger partial charge in [-0.1, -0.05) is 12.1 Å². The molecule has 0 aliphatic carbocycles.